The van der Waals surface area contributed by atoms with Crippen LogP contribution in [0.4, 0.5) is 5.69 Å². The molecule has 2 rings (SSSR count). The summed E-state index contributed by atoms with van der Waals surface area (Å²) in [6.07, 6.45) is 2.83. The minimum Gasteiger partial charge on any atom is -0.495 e. The van der Waals surface area contributed by atoms with E-state index in [1.165, 1.54) is 13.2 Å². The van der Waals surface area contributed by atoms with Crippen LogP contribution in [0.2, 0.25) is 0 Å². The van der Waals surface area contributed by atoms with Gasteiger partial charge in [0, 0.05) is 11.5 Å². The lowest BCUT2D eigenvalue weighted by Gasteiger charge is -2.18. The molecule has 0 aliphatic heterocycles. The van der Waals surface area contributed by atoms with Crippen molar-refractivity contribution in [2.75, 3.05) is 19.0 Å². The quantitative estimate of drug-likeness (QED) is 0.755. The second-order valence-electron chi connectivity index (χ2n) is 5.30. The second kappa shape index (κ2) is 6.58. The number of hydrogen-bond acceptors (Lipinski definition) is 4. The number of nitrogens with one attached hydrogen (secondary N) is 1. The summed E-state index contributed by atoms with van der Waals surface area (Å²) < 4.78 is 5.21. The maximum absolute atomic E-state index is 12.4. The topological polar surface area (TPSA) is 107 Å². The Bertz CT molecular complexity index is 545. The number of carbonyl (C=O) groups is 2. The number of amides is 2. The molecular weight excluding hydrogens is 270 g/mol. The number of rotatable bonds is 5. The number of hydrogen-bond donors (Lipinski definition) is 3. The van der Waals surface area contributed by atoms with Gasteiger partial charge in [0.1, 0.15) is 5.75 Å². The highest BCUT2D eigenvalue weighted by Gasteiger charge is 2.32. The molecule has 0 bridgehead atoms. The van der Waals surface area contributed by atoms with E-state index in [1.807, 2.05) is 0 Å². The number of carbonyl (C=O) groups excluding carboxylic acids is 2. The number of anilines is 1. The summed E-state index contributed by atoms with van der Waals surface area (Å²) in [7, 11) is 1.51. The average molecular weight is 291 g/mol. The fraction of sp³-hybridized carbons (Fsp3) is 0.467. The maximum Gasteiger partial charge on any atom is 0.248 e. The van der Waals surface area contributed by atoms with Gasteiger partial charge in [-0.25, -0.2) is 0 Å². The molecule has 21 heavy (non-hydrogen) atoms. The minimum atomic E-state index is -0.547. The molecule has 114 valence electrons. The number of primary amides is 1. The van der Waals surface area contributed by atoms with Crippen LogP contribution in [-0.2, 0) is 4.79 Å². The molecule has 1 saturated carbocycles. The van der Waals surface area contributed by atoms with E-state index in [2.05, 4.69) is 5.32 Å². The van der Waals surface area contributed by atoms with Gasteiger partial charge in [0.05, 0.1) is 12.8 Å². The fourth-order valence-electron chi connectivity index (χ4n) is 2.85. The van der Waals surface area contributed by atoms with Gasteiger partial charge in [-0.2, -0.15) is 0 Å². The predicted molar refractivity (Wildman–Crippen MR) is 80.0 cm³/mol. The molecular formula is C15H21N3O3. The van der Waals surface area contributed by atoms with Gasteiger partial charge in [0.25, 0.3) is 0 Å². The first-order chi connectivity index (χ1) is 10.1. The first-order valence-electron chi connectivity index (χ1n) is 7.05. The highest BCUT2D eigenvalue weighted by molar-refractivity contribution is 5.98. The van der Waals surface area contributed by atoms with Gasteiger partial charge in [-0.3, -0.25) is 9.59 Å². The summed E-state index contributed by atoms with van der Waals surface area (Å²) in [6, 6.07) is 4.71. The standard InChI is InChI=1S/C15H21N3O3/c1-21-13-6-5-9(14(17)19)7-12(13)18-15(20)11-4-2-3-10(11)8-16/h5-7,10-11H,2-4,8,16H2,1H3,(H2,17,19)(H,18,20). The Morgan fingerprint density at radius 2 is 2.14 bits per heavy atom. The molecule has 6 heteroatoms. The van der Waals surface area contributed by atoms with Crippen LogP contribution in [-0.4, -0.2) is 25.5 Å². The van der Waals surface area contributed by atoms with Gasteiger partial charge in [-0.05, 0) is 43.5 Å². The summed E-state index contributed by atoms with van der Waals surface area (Å²) >= 11 is 0. The lowest BCUT2D eigenvalue weighted by Crippen LogP contribution is -2.30. The summed E-state index contributed by atoms with van der Waals surface area (Å²) in [5.74, 6) is -0.000345. The third-order valence-electron chi connectivity index (χ3n) is 4.04. The van der Waals surface area contributed by atoms with Gasteiger partial charge in [-0.1, -0.05) is 6.42 Å². The lowest BCUT2D eigenvalue weighted by molar-refractivity contribution is -0.120. The van der Waals surface area contributed by atoms with Crippen LogP contribution in [0, 0.1) is 11.8 Å². The Kier molecular flexibility index (Phi) is 4.80. The van der Waals surface area contributed by atoms with Gasteiger partial charge >= 0.3 is 0 Å². The summed E-state index contributed by atoms with van der Waals surface area (Å²) in [6.45, 7) is 0.510. The predicted octanol–water partition coefficient (Wildman–Crippen LogP) is 1.11. The zero-order chi connectivity index (χ0) is 15.4. The van der Waals surface area contributed by atoms with Gasteiger partial charge in [0.2, 0.25) is 11.8 Å². The molecule has 0 heterocycles. The van der Waals surface area contributed by atoms with Gasteiger partial charge in [-0.15, -0.1) is 0 Å². The Hall–Kier alpha value is -2.08. The molecule has 1 aromatic rings. The van der Waals surface area contributed by atoms with Crippen LogP contribution in [0.15, 0.2) is 18.2 Å². The number of benzene rings is 1. The van der Waals surface area contributed by atoms with E-state index >= 15 is 0 Å². The van der Waals surface area contributed by atoms with Crippen LogP contribution in [0.25, 0.3) is 0 Å². The van der Waals surface area contributed by atoms with Crippen LogP contribution in [0.5, 0.6) is 5.75 Å². The zero-order valence-corrected chi connectivity index (χ0v) is 12.1. The van der Waals surface area contributed by atoms with Crippen molar-refractivity contribution in [2.45, 2.75) is 19.3 Å². The second-order valence-corrected chi connectivity index (χ2v) is 5.30. The Morgan fingerprint density at radius 3 is 2.76 bits per heavy atom. The molecule has 0 spiro atoms. The molecule has 6 nitrogen and oxygen atoms in total. The summed E-state index contributed by atoms with van der Waals surface area (Å²) in [5.41, 5.74) is 11.8. The first-order valence-corrected chi connectivity index (χ1v) is 7.05. The Morgan fingerprint density at radius 1 is 1.38 bits per heavy atom. The Balaban J connectivity index is 2.19. The molecule has 1 fully saturated rings. The van der Waals surface area contributed by atoms with Gasteiger partial charge < -0.3 is 21.5 Å². The SMILES string of the molecule is COc1ccc(C(N)=O)cc1NC(=O)C1CCCC1CN. The zero-order valence-electron chi connectivity index (χ0n) is 12.1. The van der Waals surface area contributed by atoms with E-state index in [0.29, 0.717) is 23.5 Å². The van der Waals surface area contributed by atoms with Crippen molar-refractivity contribution >= 4 is 17.5 Å². The smallest absolute Gasteiger partial charge is 0.248 e. The molecule has 2 unspecified atom stereocenters. The van der Waals surface area contributed by atoms with E-state index in [1.54, 1.807) is 12.1 Å². The highest BCUT2D eigenvalue weighted by Crippen LogP contribution is 2.33. The van der Waals surface area contributed by atoms with Gasteiger partial charge in [0.15, 0.2) is 0 Å². The van der Waals surface area contributed by atoms with E-state index in [0.717, 1.165) is 19.3 Å². The number of ether oxygens (including phenoxy) is 1. The van der Waals surface area contributed by atoms with E-state index in [9.17, 15) is 9.59 Å². The number of methoxy groups -OCH3 is 1. The van der Waals surface area contributed by atoms with Crippen molar-refractivity contribution < 1.29 is 14.3 Å². The normalized spacial score (nSPS) is 21.0. The molecule has 0 radical (unpaired) electrons. The van der Waals surface area contributed by atoms with Crippen molar-refractivity contribution in [3.05, 3.63) is 23.8 Å². The fourth-order valence-corrected chi connectivity index (χ4v) is 2.85. The summed E-state index contributed by atoms with van der Waals surface area (Å²) in [5, 5.41) is 2.84. The number of nitrogens with two attached hydrogens (primary N) is 2. The Labute approximate surface area is 123 Å². The van der Waals surface area contributed by atoms with Crippen LogP contribution >= 0.6 is 0 Å². The first kappa shape index (κ1) is 15.3. The van der Waals surface area contributed by atoms with Crippen molar-refractivity contribution in [1.29, 1.82) is 0 Å². The minimum absolute atomic E-state index is 0.0807. The molecule has 0 aromatic heterocycles. The van der Waals surface area contributed by atoms with Crippen molar-refractivity contribution in [1.82, 2.24) is 0 Å². The van der Waals surface area contributed by atoms with E-state index in [4.69, 9.17) is 16.2 Å². The largest absolute Gasteiger partial charge is 0.495 e. The van der Waals surface area contributed by atoms with Crippen LogP contribution in [0.3, 0.4) is 0 Å². The van der Waals surface area contributed by atoms with E-state index in [-0.39, 0.29) is 17.7 Å². The molecule has 1 aliphatic rings. The monoisotopic (exact) mass is 291 g/mol. The summed E-state index contributed by atoms with van der Waals surface area (Å²) in [4.78, 5) is 23.6. The lowest BCUT2D eigenvalue weighted by atomic mass is 9.95. The van der Waals surface area contributed by atoms with Crippen LogP contribution in [0.1, 0.15) is 29.6 Å². The molecule has 2 atom stereocenters. The molecule has 2 amide bonds. The molecule has 0 saturated heterocycles. The molecule has 1 aliphatic carbocycles. The van der Waals surface area contributed by atoms with Crippen molar-refractivity contribution in [3.63, 3.8) is 0 Å². The average Bonchev–Trinajstić information content (AvgIpc) is 2.95. The van der Waals surface area contributed by atoms with Crippen molar-refractivity contribution in [2.24, 2.45) is 23.3 Å². The highest BCUT2D eigenvalue weighted by atomic mass is 16.5. The molecule has 1 aromatic carbocycles. The third kappa shape index (κ3) is 3.33. The third-order valence-corrected chi connectivity index (χ3v) is 4.04. The van der Waals surface area contributed by atoms with Crippen LogP contribution < -0.4 is 21.5 Å². The van der Waals surface area contributed by atoms with Crippen molar-refractivity contribution in [3.8, 4) is 5.75 Å². The molecule has 5 N–H and O–H groups in total. The maximum atomic E-state index is 12.4. The van der Waals surface area contributed by atoms with E-state index < -0.39 is 5.91 Å².